The number of nitrogens with zero attached hydrogens (tertiary/aromatic N) is 2. The average Bonchev–Trinajstić information content (AvgIpc) is 3.03. The molecule has 0 atom stereocenters. The molecule has 3 aromatic rings. The minimum atomic E-state index is 0.185. The average molecular weight is 304 g/mol. The van der Waals surface area contributed by atoms with E-state index >= 15 is 0 Å². The monoisotopic (exact) mass is 304 g/mol. The van der Waals surface area contributed by atoms with E-state index < -0.39 is 0 Å². The summed E-state index contributed by atoms with van der Waals surface area (Å²) in [6.45, 7) is 0. The third-order valence-corrected chi connectivity index (χ3v) is 4.02. The maximum atomic E-state index is 9.89. The van der Waals surface area contributed by atoms with Crippen LogP contribution in [0.25, 0.3) is 22.9 Å². The van der Waals surface area contributed by atoms with Crippen LogP contribution in [0.5, 0.6) is 5.75 Å². The van der Waals surface area contributed by atoms with Gasteiger partial charge in [0.1, 0.15) is 16.8 Å². The van der Waals surface area contributed by atoms with Crippen LogP contribution in [-0.2, 0) is 0 Å². The second-order valence-corrected chi connectivity index (χ2v) is 5.49. The number of nitriles is 1. The number of para-hydroxylation sites is 1. The van der Waals surface area contributed by atoms with E-state index in [9.17, 15) is 10.4 Å². The van der Waals surface area contributed by atoms with Crippen molar-refractivity contribution in [2.24, 2.45) is 0 Å². The van der Waals surface area contributed by atoms with Crippen molar-refractivity contribution in [3.05, 3.63) is 70.5 Å². The predicted molar refractivity (Wildman–Crippen MR) is 89.1 cm³/mol. The number of benzene rings is 2. The lowest BCUT2D eigenvalue weighted by atomic mass is 10.1. The van der Waals surface area contributed by atoms with Crippen molar-refractivity contribution in [2.45, 2.75) is 0 Å². The summed E-state index contributed by atoms with van der Waals surface area (Å²) in [5.41, 5.74) is 2.81. The van der Waals surface area contributed by atoms with Gasteiger partial charge in [-0.1, -0.05) is 42.5 Å². The highest BCUT2D eigenvalue weighted by atomic mass is 32.1. The fourth-order valence-electron chi connectivity index (χ4n) is 2.07. The van der Waals surface area contributed by atoms with Crippen molar-refractivity contribution in [1.29, 1.82) is 5.26 Å². The molecule has 0 radical (unpaired) electrons. The molecule has 0 amide bonds. The van der Waals surface area contributed by atoms with E-state index in [0.717, 1.165) is 5.56 Å². The highest BCUT2D eigenvalue weighted by Crippen LogP contribution is 2.31. The lowest BCUT2D eigenvalue weighted by Crippen LogP contribution is -1.83. The van der Waals surface area contributed by atoms with E-state index in [4.69, 9.17) is 0 Å². The molecule has 1 N–H and O–H groups in total. The number of aromatic nitrogens is 1. The van der Waals surface area contributed by atoms with Gasteiger partial charge in [0.05, 0.1) is 11.3 Å². The van der Waals surface area contributed by atoms with Crippen LogP contribution in [0.4, 0.5) is 0 Å². The van der Waals surface area contributed by atoms with E-state index in [-0.39, 0.29) is 5.75 Å². The molecule has 0 aliphatic rings. The van der Waals surface area contributed by atoms with E-state index in [1.54, 1.807) is 18.2 Å². The Labute approximate surface area is 132 Å². The van der Waals surface area contributed by atoms with Crippen molar-refractivity contribution < 1.29 is 5.11 Å². The fraction of sp³-hybridized carbons (Fsp3) is 0. The van der Waals surface area contributed by atoms with E-state index in [1.165, 1.54) is 11.3 Å². The molecule has 4 heteroatoms. The summed E-state index contributed by atoms with van der Waals surface area (Å²) in [5, 5.41) is 21.8. The number of hydrogen-bond donors (Lipinski definition) is 1. The van der Waals surface area contributed by atoms with Crippen molar-refractivity contribution >= 4 is 23.0 Å². The van der Waals surface area contributed by atoms with Crippen LogP contribution in [0.3, 0.4) is 0 Å². The standard InChI is InChI=1S/C18H12N2OS/c19-11-14(10-13-6-2-1-3-7-13)18-20-16(12-22-18)15-8-4-5-9-17(15)21/h1-10,12,21H/b14-10+. The van der Waals surface area contributed by atoms with Gasteiger partial charge in [-0.15, -0.1) is 11.3 Å². The van der Waals surface area contributed by atoms with Gasteiger partial charge < -0.3 is 5.11 Å². The van der Waals surface area contributed by atoms with Gasteiger partial charge in [0.25, 0.3) is 0 Å². The van der Waals surface area contributed by atoms with Crippen LogP contribution >= 0.6 is 11.3 Å². The quantitative estimate of drug-likeness (QED) is 0.720. The maximum Gasteiger partial charge on any atom is 0.134 e. The van der Waals surface area contributed by atoms with Crippen molar-refractivity contribution in [3.8, 4) is 23.1 Å². The first-order chi connectivity index (χ1) is 10.8. The lowest BCUT2D eigenvalue weighted by molar-refractivity contribution is 0.477. The highest BCUT2D eigenvalue weighted by molar-refractivity contribution is 7.11. The van der Waals surface area contributed by atoms with Gasteiger partial charge in [-0.2, -0.15) is 5.26 Å². The first-order valence-corrected chi connectivity index (χ1v) is 7.57. The smallest absolute Gasteiger partial charge is 0.134 e. The van der Waals surface area contributed by atoms with E-state index in [2.05, 4.69) is 11.1 Å². The van der Waals surface area contributed by atoms with Crippen molar-refractivity contribution in [3.63, 3.8) is 0 Å². The molecule has 106 valence electrons. The number of hydrogen-bond acceptors (Lipinski definition) is 4. The number of aromatic hydroxyl groups is 1. The molecular weight excluding hydrogens is 292 g/mol. The number of allylic oxidation sites excluding steroid dienone is 1. The molecule has 0 aliphatic carbocycles. The number of thiazole rings is 1. The summed E-state index contributed by atoms with van der Waals surface area (Å²) < 4.78 is 0. The fourth-order valence-corrected chi connectivity index (χ4v) is 2.85. The zero-order chi connectivity index (χ0) is 15.4. The predicted octanol–water partition coefficient (Wildman–Crippen LogP) is 4.58. The van der Waals surface area contributed by atoms with Crippen LogP contribution in [0, 0.1) is 11.3 Å². The van der Waals surface area contributed by atoms with Crippen LogP contribution < -0.4 is 0 Å². The molecule has 1 heterocycles. The zero-order valence-corrected chi connectivity index (χ0v) is 12.4. The highest BCUT2D eigenvalue weighted by Gasteiger charge is 2.11. The Balaban J connectivity index is 1.98. The van der Waals surface area contributed by atoms with Crippen molar-refractivity contribution in [1.82, 2.24) is 4.98 Å². The molecule has 0 unspecified atom stereocenters. The van der Waals surface area contributed by atoms with Crippen LogP contribution in [0.2, 0.25) is 0 Å². The second kappa shape index (κ2) is 6.25. The number of phenols is 1. The molecule has 2 aromatic carbocycles. The van der Waals surface area contributed by atoms with Gasteiger partial charge in [0.2, 0.25) is 0 Å². The summed E-state index contributed by atoms with van der Waals surface area (Å²) >= 11 is 1.39. The summed E-state index contributed by atoms with van der Waals surface area (Å²) in [6, 6.07) is 18.9. The molecule has 22 heavy (non-hydrogen) atoms. The van der Waals surface area contributed by atoms with Gasteiger partial charge in [-0.25, -0.2) is 4.98 Å². The Morgan fingerprint density at radius 1 is 1.09 bits per heavy atom. The Hall–Kier alpha value is -2.90. The van der Waals surface area contributed by atoms with Gasteiger partial charge >= 0.3 is 0 Å². The SMILES string of the molecule is N#C/C(=C\c1ccccc1)c1nc(-c2ccccc2O)cs1. The molecule has 1 aromatic heterocycles. The normalized spacial score (nSPS) is 11.1. The van der Waals surface area contributed by atoms with Crippen LogP contribution in [-0.4, -0.2) is 10.1 Å². The van der Waals surface area contributed by atoms with Crippen LogP contribution in [0.15, 0.2) is 60.0 Å². The molecular formula is C18H12N2OS. The first kappa shape index (κ1) is 14.1. The maximum absolute atomic E-state index is 9.89. The summed E-state index contributed by atoms with van der Waals surface area (Å²) in [6.07, 6.45) is 1.81. The zero-order valence-electron chi connectivity index (χ0n) is 11.6. The number of phenolic OH excluding ortho intramolecular Hbond substituents is 1. The Morgan fingerprint density at radius 3 is 2.55 bits per heavy atom. The van der Waals surface area contributed by atoms with Crippen molar-refractivity contribution in [2.75, 3.05) is 0 Å². The summed E-state index contributed by atoms with van der Waals surface area (Å²) in [4.78, 5) is 4.48. The molecule has 3 nitrogen and oxygen atoms in total. The number of rotatable bonds is 3. The third kappa shape index (κ3) is 2.90. The summed E-state index contributed by atoms with van der Waals surface area (Å²) in [7, 11) is 0. The molecule has 0 aliphatic heterocycles. The molecule has 0 bridgehead atoms. The molecule has 0 fully saturated rings. The minimum absolute atomic E-state index is 0.185. The minimum Gasteiger partial charge on any atom is -0.507 e. The lowest BCUT2D eigenvalue weighted by Gasteiger charge is -1.99. The molecule has 0 spiro atoms. The summed E-state index contributed by atoms with van der Waals surface area (Å²) in [5.74, 6) is 0.185. The largest absolute Gasteiger partial charge is 0.507 e. The van der Waals surface area contributed by atoms with Crippen LogP contribution in [0.1, 0.15) is 10.6 Å². The molecule has 0 saturated heterocycles. The van der Waals surface area contributed by atoms with Gasteiger partial charge in [-0.3, -0.25) is 0 Å². The van der Waals surface area contributed by atoms with E-state index in [0.29, 0.717) is 21.8 Å². The third-order valence-electron chi connectivity index (χ3n) is 3.15. The Kier molecular flexibility index (Phi) is 3.99. The van der Waals surface area contributed by atoms with Gasteiger partial charge in [-0.05, 0) is 23.8 Å². The molecule has 3 rings (SSSR count). The van der Waals surface area contributed by atoms with Gasteiger partial charge in [0.15, 0.2) is 0 Å². The molecule has 0 saturated carbocycles. The Bertz CT molecular complexity index is 860. The Morgan fingerprint density at radius 2 is 1.82 bits per heavy atom. The van der Waals surface area contributed by atoms with Gasteiger partial charge in [0, 0.05) is 10.9 Å². The topological polar surface area (TPSA) is 56.9 Å². The first-order valence-electron chi connectivity index (χ1n) is 6.69. The van der Waals surface area contributed by atoms with E-state index in [1.807, 2.05) is 47.9 Å². The second-order valence-electron chi connectivity index (χ2n) is 4.64.